The largest absolute Gasteiger partial charge is 0.493 e. The highest BCUT2D eigenvalue weighted by molar-refractivity contribution is 5.94. The summed E-state index contributed by atoms with van der Waals surface area (Å²) in [4.78, 5) is 11.6. The van der Waals surface area contributed by atoms with E-state index in [0.29, 0.717) is 52.1 Å². The molecule has 2 atom stereocenters. The number of fused-ring (bicyclic) bond motifs is 1. The zero-order valence-electron chi connectivity index (χ0n) is 24.7. The predicted molar refractivity (Wildman–Crippen MR) is 152 cm³/mol. The van der Waals surface area contributed by atoms with Crippen LogP contribution in [0.25, 0.3) is 10.9 Å². The molecule has 0 radical (unpaired) electrons. The standard InChI is InChI=1S/C31H39F3N4O3/c1-17-26-22(13-24(27(17)40-7)41-15-20-14-30(11-12-30)16-38(20)6)28(37-19(3)36-26)35-18(2)21-9-8-10-23(25(21)32)31(33,34)29(4,5)39/h8-10,13,18,20,39H,11-12,14-16H2,1-7H3,(H,35,36,37)/t18-,20+/m1/s1. The van der Waals surface area contributed by atoms with Gasteiger partial charge in [-0.15, -0.1) is 0 Å². The van der Waals surface area contributed by atoms with Gasteiger partial charge in [0.15, 0.2) is 11.5 Å². The number of methoxy groups -OCH3 is 1. The van der Waals surface area contributed by atoms with E-state index in [4.69, 9.17) is 9.47 Å². The van der Waals surface area contributed by atoms with Crippen molar-refractivity contribution in [2.75, 3.05) is 32.6 Å². The van der Waals surface area contributed by atoms with Crippen LogP contribution in [0.5, 0.6) is 11.5 Å². The Hall–Kier alpha value is -3.11. The van der Waals surface area contributed by atoms with E-state index in [1.54, 1.807) is 21.0 Å². The Kier molecular flexibility index (Phi) is 7.39. The maximum absolute atomic E-state index is 15.5. The molecule has 1 saturated carbocycles. The fourth-order valence-electron chi connectivity index (χ4n) is 5.99. The normalized spacial score (nSPS) is 19.5. The molecule has 1 aliphatic carbocycles. The maximum Gasteiger partial charge on any atom is 0.303 e. The number of halogens is 3. The molecule has 5 rings (SSSR count). The maximum atomic E-state index is 15.5. The molecular weight excluding hydrogens is 533 g/mol. The van der Waals surface area contributed by atoms with Gasteiger partial charge in [-0.1, -0.05) is 12.1 Å². The number of anilines is 1. The monoisotopic (exact) mass is 572 g/mol. The lowest BCUT2D eigenvalue weighted by molar-refractivity contribution is -0.170. The van der Waals surface area contributed by atoms with Gasteiger partial charge >= 0.3 is 5.92 Å². The van der Waals surface area contributed by atoms with Crippen molar-refractivity contribution in [1.29, 1.82) is 0 Å². The first-order chi connectivity index (χ1) is 19.2. The van der Waals surface area contributed by atoms with Crippen molar-refractivity contribution in [2.45, 2.75) is 77.5 Å². The number of nitrogens with zero attached hydrogens (tertiary/aromatic N) is 3. The van der Waals surface area contributed by atoms with Crippen molar-refractivity contribution < 1.29 is 27.8 Å². The first-order valence-corrected chi connectivity index (χ1v) is 14.0. The number of likely N-dealkylation sites (tertiary alicyclic amines) is 1. The summed E-state index contributed by atoms with van der Waals surface area (Å²) in [6.45, 7) is 8.84. The fourth-order valence-corrected chi connectivity index (χ4v) is 5.99. The minimum atomic E-state index is -3.79. The van der Waals surface area contributed by atoms with Crippen LogP contribution in [0.15, 0.2) is 24.3 Å². The number of ether oxygens (including phenoxy) is 2. The van der Waals surface area contributed by atoms with Gasteiger partial charge in [-0.3, -0.25) is 4.90 Å². The molecule has 1 spiro atoms. The predicted octanol–water partition coefficient (Wildman–Crippen LogP) is 6.29. The van der Waals surface area contributed by atoms with Crippen LogP contribution < -0.4 is 14.8 Å². The van der Waals surface area contributed by atoms with Crippen molar-refractivity contribution in [3.8, 4) is 11.5 Å². The molecule has 1 aliphatic heterocycles. The van der Waals surface area contributed by atoms with Crippen molar-refractivity contribution >= 4 is 16.7 Å². The molecule has 2 N–H and O–H groups in total. The number of alkyl halides is 2. The number of rotatable bonds is 9. The Morgan fingerprint density at radius 1 is 1.22 bits per heavy atom. The van der Waals surface area contributed by atoms with Gasteiger partial charge < -0.3 is 19.9 Å². The molecule has 222 valence electrons. The van der Waals surface area contributed by atoms with Crippen LogP contribution in [0, 0.1) is 25.1 Å². The molecule has 1 saturated heterocycles. The van der Waals surface area contributed by atoms with Crippen molar-refractivity contribution in [3.05, 3.63) is 52.6 Å². The first kappa shape index (κ1) is 29.4. The highest BCUT2D eigenvalue weighted by Crippen LogP contribution is 2.54. The van der Waals surface area contributed by atoms with Gasteiger partial charge in [-0.25, -0.2) is 14.4 Å². The molecule has 2 fully saturated rings. The molecule has 0 unspecified atom stereocenters. The summed E-state index contributed by atoms with van der Waals surface area (Å²) in [5.41, 5.74) is -1.40. The SMILES string of the molecule is COc1c(OC[C@@H]2CC3(CC3)CN2C)cc2c(N[C@H](C)c3cccc(C(F)(F)C(C)(C)O)c3F)nc(C)nc2c1C. The number of aliphatic hydroxyl groups is 1. The van der Waals surface area contributed by atoms with Gasteiger partial charge in [0.2, 0.25) is 0 Å². The molecule has 1 aromatic heterocycles. The van der Waals surface area contributed by atoms with Crippen LogP contribution in [-0.2, 0) is 5.92 Å². The van der Waals surface area contributed by atoms with E-state index in [-0.39, 0.29) is 5.56 Å². The Balaban J connectivity index is 1.48. The van der Waals surface area contributed by atoms with Crippen LogP contribution in [0.4, 0.5) is 19.0 Å². The molecule has 10 heteroatoms. The van der Waals surface area contributed by atoms with Gasteiger partial charge in [0.05, 0.1) is 24.2 Å². The Labute approximate surface area is 239 Å². The minimum Gasteiger partial charge on any atom is -0.493 e. The second kappa shape index (κ2) is 10.3. The van der Waals surface area contributed by atoms with E-state index in [0.717, 1.165) is 38.4 Å². The molecule has 0 bridgehead atoms. The third-order valence-corrected chi connectivity index (χ3v) is 8.68. The molecule has 7 nitrogen and oxygen atoms in total. The van der Waals surface area contributed by atoms with Crippen LogP contribution in [-0.4, -0.2) is 58.9 Å². The number of aryl methyl sites for hydroxylation is 2. The molecule has 2 aromatic carbocycles. The number of likely N-dealkylation sites (N-methyl/N-ethyl adjacent to an activating group) is 1. The quantitative estimate of drug-likeness (QED) is 0.312. The summed E-state index contributed by atoms with van der Waals surface area (Å²) < 4.78 is 57.4. The topological polar surface area (TPSA) is 79.7 Å². The highest BCUT2D eigenvalue weighted by atomic mass is 19.3. The third-order valence-electron chi connectivity index (χ3n) is 8.68. The first-order valence-electron chi connectivity index (χ1n) is 14.0. The van der Waals surface area contributed by atoms with E-state index in [1.165, 1.54) is 25.0 Å². The Bertz CT molecular complexity index is 1470. The van der Waals surface area contributed by atoms with E-state index >= 15 is 4.39 Å². The Morgan fingerprint density at radius 2 is 1.93 bits per heavy atom. The number of nitrogens with one attached hydrogen (secondary N) is 1. The lowest BCUT2D eigenvalue weighted by atomic mass is 9.91. The van der Waals surface area contributed by atoms with Crippen LogP contribution in [0.1, 0.15) is 68.6 Å². The smallest absolute Gasteiger partial charge is 0.303 e. The average molecular weight is 573 g/mol. The number of aromatic nitrogens is 2. The molecule has 2 heterocycles. The fraction of sp³-hybridized carbons (Fsp3) is 0.548. The van der Waals surface area contributed by atoms with Gasteiger partial charge in [-0.05, 0) is 78.5 Å². The molecule has 41 heavy (non-hydrogen) atoms. The zero-order chi connectivity index (χ0) is 29.9. The third kappa shape index (κ3) is 5.32. The zero-order valence-corrected chi connectivity index (χ0v) is 24.7. The summed E-state index contributed by atoms with van der Waals surface area (Å²) in [6, 6.07) is 5.20. The highest BCUT2D eigenvalue weighted by Gasteiger charge is 2.51. The number of hydrogen-bond acceptors (Lipinski definition) is 7. The number of hydrogen-bond donors (Lipinski definition) is 2. The summed E-state index contributed by atoms with van der Waals surface area (Å²) in [7, 11) is 3.73. The van der Waals surface area contributed by atoms with Gasteiger partial charge in [0.25, 0.3) is 0 Å². The molecule has 2 aliphatic rings. The summed E-state index contributed by atoms with van der Waals surface area (Å²) in [5.74, 6) is -2.82. The van der Waals surface area contributed by atoms with E-state index < -0.39 is 28.9 Å². The van der Waals surface area contributed by atoms with Crippen molar-refractivity contribution in [3.63, 3.8) is 0 Å². The Morgan fingerprint density at radius 3 is 2.54 bits per heavy atom. The second-order valence-corrected chi connectivity index (χ2v) is 12.3. The number of benzene rings is 2. The molecular formula is C31H39F3N4O3. The van der Waals surface area contributed by atoms with Crippen LogP contribution in [0.3, 0.4) is 0 Å². The van der Waals surface area contributed by atoms with Crippen molar-refractivity contribution in [2.24, 2.45) is 5.41 Å². The lowest BCUT2D eigenvalue weighted by Crippen LogP contribution is -2.41. The average Bonchev–Trinajstić information content (AvgIpc) is 3.56. The summed E-state index contributed by atoms with van der Waals surface area (Å²) in [5, 5.41) is 13.9. The van der Waals surface area contributed by atoms with E-state index in [9.17, 15) is 13.9 Å². The molecule has 0 amide bonds. The van der Waals surface area contributed by atoms with E-state index in [1.807, 2.05) is 13.0 Å². The summed E-state index contributed by atoms with van der Waals surface area (Å²) >= 11 is 0. The minimum absolute atomic E-state index is 0.0239. The van der Waals surface area contributed by atoms with Crippen molar-refractivity contribution in [1.82, 2.24) is 14.9 Å². The second-order valence-electron chi connectivity index (χ2n) is 12.3. The lowest BCUT2D eigenvalue weighted by Gasteiger charge is -2.30. The van der Waals surface area contributed by atoms with Gasteiger partial charge in [0, 0.05) is 29.1 Å². The van der Waals surface area contributed by atoms with Gasteiger partial charge in [0.1, 0.15) is 29.7 Å². The van der Waals surface area contributed by atoms with Gasteiger partial charge in [-0.2, -0.15) is 8.78 Å². The van der Waals surface area contributed by atoms with E-state index in [2.05, 4.69) is 27.2 Å². The summed E-state index contributed by atoms with van der Waals surface area (Å²) in [6.07, 6.45) is 3.66. The molecule has 3 aromatic rings. The van der Waals surface area contributed by atoms with Crippen LogP contribution >= 0.6 is 0 Å². The van der Waals surface area contributed by atoms with Crippen LogP contribution in [0.2, 0.25) is 0 Å².